The van der Waals surface area contributed by atoms with E-state index in [0.29, 0.717) is 16.0 Å². The number of aryl methyl sites for hydroxylation is 1. The standard InChI is InChI=1S/C10H8ClN3O2S/c1-5-12-10(17-14-5)13-9(16)7-4-6(11)2-3-8(7)15/h2-4,15H,1H3,(H,12,13,14,16). The Balaban J connectivity index is 2.22. The summed E-state index contributed by atoms with van der Waals surface area (Å²) in [4.78, 5) is 15.8. The fraction of sp³-hybridized carbons (Fsp3) is 0.100. The Labute approximate surface area is 106 Å². The number of amides is 1. The van der Waals surface area contributed by atoms with Crippen LogP contribution in [0.5, 0.6) is 5.75 Å². The van der Waals surface area contributed by atoms with Crippen LogP contribution in [0, 0.1) is 6.92 Å². The van der Waals surface area contributed by atoms with Crippen LogP contribution in [-0.4, -0.2) is 20.4 Å². The number of rotatable bonds is 2. The van der Waals surface area contributed by atoms with Crippen molar-refractivity contribution in [3.05, 3.63) is 34.6 Å². The van der Waals surface area contributed by atoms with Gasteiger partial charge in [-0.05, 0) is 25.1 Å². The van der Waals surface area contributed by atoms with Gasteiger partial charge in [0.05, 0.1) is 5.56 Å². The second-order valence-corrected chi connectivity index (χ2v) is 4.45. The summed E-state index contributed by atoms with van der Waals surface area (Å²) in [7, 11) is 0. The van der Waals surface area contributed by atoms with Crippen molar-refractivity contribution in [2.24, 2.45) is 0 Å². The lowest BCUT2D eigenvalue weighted by Crippen LogP contribution is -2.11. The first-order valence-electron chi connectivity index (χ1n) is 4.66. The summed E-state index contributed by atoms with van der Waals surface area (Å²) >= 11 is 6.83. The van der Waals surface area contributed by atoms with Crippen molar-refractivity contribution in [2.75, 3.05) is 5.32 Å². The molecule has 2 aromatic rings. The maximum atomic E-state index is 11.8. The highest BCUT2D eigenvalue weighted by atomic mass is 35.5. The van der Waals surface area contributed by atoms with E-state index in [1.807, 2.05) is 0 Å². The molecule has 0 saturated heterocycles. The highest BCUT2D eigenvalue weighted by Crippen LogP contribution is 2.22. The van der Waals surface area contributed by atoms with Crippen molar-refractivity contribution in [2.45, 2.75) is 6.92 Å². The minimum atomic E-state index is -0.471. The molecular weight excluding hydrogens is 262 g/mol. The summed E-state index contributed by atoms with van der Waals surface area (Å²) in [6.07, 6.45) is 0. The number of carbonyl (C=O) groups excluding carboxylic acids is 1. The van der Waals surface area contributed by atoms with E-state index >= 15 is 0 Å². The maximum Gasteiger partial charge on any atom is 0.261 e. The number of hydrogen-bond acceptors (Lipinski definition) is 5. The van der Waals surface area contributed by atoms with Crippen LogP contribution in [-0.2, 0) is 0 Å². The Hall–Kier alpha value is -1.66. The molecule has 7 heteroatoms. The van der Waals surface area contributed by atoms with Gasteiger partial charge in [0.2, 0.25) is 5.13 Å². The SMILES string of the molecule is Cc1nsc(NC(=O)c2cc(Cl)ccc2O)n1. The molecular formula is C10H8ClN3O2S. The molecule has 1 aromatic carbocycles. The topological polar surface area (TPSA) is 75.1 Å². The smallest absolute Gasteiger partial charge is 0.261 e. The third-order valence-electron chi connectivity index (χ3n) is 1.95. The Morgan fingerprint density at radius 1 is 1.53 bits per heavy atom. The molecule has 0 spiro atoms. The number of nitrogens with one attached hydrogen (secondary N) is 1. The molecule has 0 aliphatic carbocycles. The lowest BCUT2D eigenvalue weighted by atomic mass is 10.2. The van der Waals surface area contributed by atoms with Gasteiger partial charge in [0.15, 0.2) is 0 Å². The summed E-state index contributed by atoms with van der Waals surface area (Å²) in [5.74, 6) is -0.0186. The highest BCUT2D eigenvalue weighted by molar-refractivity contribution is 7.09. The first kappa shape index (κ1) is 11.8. The van der Waals surface area contributed by atoms with E-state index in [4.69, 9.17) is 11.6 Å². The number of phenolic OH excluding ortho intramolecular Hbond substituents is 1. The zero-order valence-electron chi connectivity index (χ0n) is 8.77. The van der Waals surface area contributed by atoms with E-state index in [2.05, 4.69) is 14.7 Å². The summed E-state index contributed by atoms with van der Waals surface area (Å²) < 4.78 is 3.93. The Morgan fingerprint density at radius 2 is 2.29 bits per heavy atom. The summed E-state index contributed by atoms with van der Waals surface area (Å²) in [6.45, 7) is 1.73. The molecule has 0 aliphatic rings. The van der Waals surface area contributed by atoms with Gasteiger partial charge in [-0.25, -0.2) is 4.98 Å². The minimum absolute atomic E-state index is 0.102. The van der Waals surface area contributed by atoms with E-state index in [9.17, 15) is 9.90 Å². The van der Waals surface area contributed by atoms with Crippen LogP contribution in [0.2, 0.25) is 5.02 Å². The van der Waals surface area contributed by atoms with Gasteiger partial charge in [-0.1, -0.05) is 11.6 Å². The molecule has 5 nitrogen and oxygen atoms in total. The molecule has 0 unspecified atom stereocenters. The average molecular weight is 270 g/mol. The Morgan fingerprint density at radius 3 is 2.94 bits per heavy atom. The number of benzene rings is 1. The minimum Gasteiger partial charge on any atom is -0.507 e. The average Bonchev–Trinajstić information content (AvgIpc) is 2.67. The van der Waals surface area contributed by atoms with E-state index in [1.54, 1.807) is 6.92 Å². The van der Waals surface area contributed by atoms with Crippen molar-refractivity contribution in [1.29, 1.82) is 0 Å². The van der Waals surface area contributed by atoms with E-state index in [-0.39, 0.29) is 11.3 Å². The number of halogens is 1. The van der Waals surface area contributed by atoms with Crippen molar-refractivity contribution < 1.29 is 9.90 Å². The van der Waals surface area contributed by atoms with Crippen molar-refractivity contribution in [1.82, 2.24) is 9.36 Å². The first-order valence-corrected chi connectivity index (χ1v) is 5.81. The highest BCUT2D eigenvalue weighted by Gasteiger charge is 2.13. The normalized spacial score (nSPS) is 10.2. The summed E-state index contributed by atoms with van der Waals surface area (Å²) in [5, 5.41) is 12.8. The van der Waals surface area contributed by atoms with Crippen LogP contribution in [0.1, 0.15) is 16.2 Å². The zero-order valence-corrected chi connectivity index (χ0v) is 10.3. The number of aromatic nitrogens is 2. The largest absolute Gasteiger partial charge is 0.507 e. The summed E-state index contributed by atoms with van der Waals surface area (Å²) in [5.41, 5.74) is 0.102. The lowest BCUT2D eigenvalue weighted by Gasteiger charge is -2.04. The van der Waals surface area contributed by atoms with E-state index < -0.39 is 5.91 Å². The Kier molecular flexibility index (Phi) is 3.26. The molecule has 0 fully saturated rings. The molecule has 88 valence electrons. The molecule has 0 radical (unpaired) electrons. The van der Waals surface area contributed by atoms with Gasteiger partial charge in [-0.2, -0.15) is 4.37 Å². The maximum absolute atomic E-state index is 11.8. The third-order valence-corrected chi connectivity index (χ3v) is 2.91. The molecule has 0 saturated carbocycles. The molecule has 0 atom stereocenters. The molecule has 0 aliphatic heterocycles. The van der Waals surface area contributed by atoms with Crippen molar-refractivity contribution in [3.8, 4) is 5.75 Å². The van der Waals surface area contributed by atoms with Crippen molar-refractivity contribution >= 4 is 34.2 Å². The van der Waals surface area contributed by atoms with Gasteiger partial charge >= 0.3 is 0 Å². The van der Waals surface area contributed by atoms with Crippen LogP contribution in [0.15, 0.2) is 18.2 Å². The first-order chi connectivity index (χ1) is 8.06. The molecule has 0 bridgehead atoms. The van der Waals surface area contributed by atoms with E-state index in [0.717, 1.165) is 11.5 Å². The third kappa shape index (κ3) is 2.72. The van der Waals surface area contributed by atoms with Crippen LogP contribution >= 0.6 is 23.1 Å². The Bertz CT molecular complexity index is 570. The van der Waals surface area contributed by atoms with Gasteiger partial charge < -0.3 is 5.11 Å². The predicted octanol–water partition coefficient (Wildman–Crippen LogP) is 2.46. The fourth-order valence-electron chi connectivity index (χ4n) is 1.20. The monoisotopic (exact) mass is 269 g/mol. The van der Waals surface area contributed by atoms with E-state index in [1.165, 1.54) is 18.2 Å². The van der Waals surface area contributed by atoms with Gasteiger partial charge in [0, 0.05) is 16.6 Å². The molecule has 1 heterocycles. The number of phenols is 1. The van der Waals surface area contributed by atoms with Gasteiger partial charge in [0.1, 0.15) is 11.6 Å². The van der Waals surface area contributed by atoms with Gasteiger partial charge in [-0.3, -0.25) is 10.1 Å². The number of nitrogens with zero attached hydrogens (tertiary/aromatic N) is 2. The molecule has 17 heavy (non-hydrogen) atoms. The van der Waals surface area contributed by atoms with Crippen molar-refractivity contribution in [3.63, 3.8) is 0 Å². The van der Waals surface area contributed by atoms with Crippen LogP contribution in [0.4, 0.5) is 5.13 Å². The number of anilines is 1. The second-order valence-electron chi connectivity index (χ2n) is 3.26. The zero-order chi connectivity index (χ0) is 12.4. The molecule has 1 aromatic heterocycles. The number of aromatic hydroxyl groups is 1. The second kappa shape index (κ2) is 4.68. The number of hydrogen-bond donors (Lipinski definition) is 2. The van der Waals surface area contributed by atoms with Crippen LogP contribution in [0.25, 0.3) is 0 Å². The van der Waals surface area contributed by atoms with Gasteiger partial charge in [0.25, 0.3) is 5.91 Å². The fourth-order valence-corrected chi connectivity index (χ4v) is 1.95. The van der Waals surface area contributed by atoms with Gasteiger partial charge in [-0.15, -0.1) is 0 Å². The lowest BCUT2D eigenvalue weighted by molar-refractivity contribution is 0.102. The van der Waals surface area contributed by atoms with Crippen LogP contribution in [0.3, 0.4) is 0 Å². The molecule has 2 N–H and O–H groups in total. The quantitative estimate of drug-likeness (QED) is 0.878. The molecule has 1 amide bonds. The van der Waals surface area contributed by atoms with Crippen LogP contribution < -0.4 is 5.32 Å². The number of carbonyl (C=O) groups is 1. The predicted molar refractivity (Wildman–Crippen MR) is 65.7 cm³/mol. The molecule has 2 rings (SSSR count). The summed E-state index contributed by atoms with van der Waals surface area (Å²) in [6, 6.07) is 4.26.